The maximum absolute atomic E-state index is 12.6. The predicted octanol–water partition coefficient (Wildman–Crippen LogP) is 3.07. The molecule has 3 N–H and O–H groups in total. The number of rotatable bonds is 3. The largest absolute Gasteiger partial charge is 0.478 e. The quantitative estimate of drug-likeness (QED) is 0.729. The van der Waals surface area contributed by atoms with E-state index < -0.39 is 23.9 Å². The number of amides is 2. The second-order valence-electron chi connectivity index (χ2n) is 6.22. The standard InChI is InChI=1S/C17H12Cl2N2O5S/c18-10-2-7-8(3-11(10)19)16(23)21(15(7)22)4-6-1-9-12(5-26-6)27-14(20)13(9)17(24)25/h2-3,6H,1,4-5,20H2,(H,24,25). The monoisotopic (exact) mass is 426 g/mol. The lowest BCUT2D eigenvalue weighted by Crippen LogP contribution is -2.40. The molecule has 2 aliphatic rings. The number of carbonyl (C=O) groups excluding carboxylic acids is 2. The van der Waals surface area contributed by atoms with E-state index in [0.29, 0.717) is 5.56 Å². The molecule has 1 unspecified atom stereocenters. The van der Waals surface area contributed by atoms with Crippen molar-refractivity contribution in [3.8, 4) is 0 Å². The van der Waals surface area contributed by atoms with Crippen LogP contribution >= 0.6 is 34.5 Å². The van der Waals surface area contributed by atoms with Gasteiger partial charge in [-0.1, -0.05) is 23.2 Å². The van der Waals surface area contributed by atoms with Crippen molar-refractivity contribution in [2.45, 2.75) is 19.1 Å². The number of benzene rings is 1. The number of nitrogens with two attached hydrogens (primary N) is 1. The number of carbonyl (C=O) groups is 3. The van der Waals surface area contributed by atoms with Crippen molar-refractivity contribution in [1.29, 1.82) is 0 Å². The fourth-order valence-electron chi connectivity index (χ4n) is 3.35. The van der Waals surface area contributed by atoms with Crippen LogP contribution in [0.25, 0.3) is 0 Å². The van der Waals surface area contributed by atoms with Crippen molar-refractivity contribution < 1.29 is 24.2 Å². The number of imide groups is 1. The Morgan fingerprint density at radius 3 is 2.41 bits per heavy atom. The van der Waals surface area contributed by atoms with Crippen LogP contribution in [-0.4, -0.2) is 40.4 Å². The van der Waals surface area contributed by atoms with E-state index in [2.05, 4.69) is 0 Å². The third-order valence-electron chi connectivity index (χ3n) is 4.61. The first kappa shape index (κ1) is 18.2. The summed E-state index contributed by atoms with van der Waals surface area (Å²) < 4.78 is 5.72. The number of ether oxygens (including phenoxy) is 1. The van der Waals surface area contributed by atoms with Crippen molar-refractivity contribution in [2.75, 3.05) is 12.3 Å². The molecule has 3 heterocycles. The normalized spacial score (nSPS) is 18.6. The first-order chi connectivity index (χ1) is 12.8. The zero-order valence-electron chi connectivity index (χ0n) is 13.6. The van der Waals surface area contributed by atoms with Gasteiger partial charge >= 0.3 is 5.97 Å². The van der Waals surface area contributed by atoms with Crippen molar-refractivity contribution >= 4 is 57.3 Å². The Morgan fingerprint density at radius 1 is 1.26 bits per heavy atom. The average molecular weight is 427 g/mol. The van der Waals surface area contributed by atoms with Gasteiger partial charge in [-0.2, -0.15) is 0 Å². The highest BCUT2D eigenvalue weighted by Gasteiger charge is 2.39. The van der Waals surface area contributed by atoms with E-state index in [1.165, 1.54) is 23.5 Å². The molecule has 4 rings (SSSR count). The van der Waals surface area contributed by atoms with Gasteiger partial charge in [0.1, 0.15) is 5.00 Å². The zero-order chi connectivity index (χ0) is 19.5. The number of carboxylic acid groups (broad SMARTS) is 1. The van der Waals surface area contributed by atoms with Crippen molar-refractivity contribution in [3.05, 3.63) is 49.3 Å². The summed E-state index contributed by atoms with van der Waals surface area (Å²) in [4.78, 5) is 38.5. The molecular formula is C17H12Cl2N2O5S. The summed E-state index contributed by atoms with van der Waals surface area (Å²) >= 11 is 13.1. The van der Waals surface area contributed by atoms with Gasteiger partial charge in [0.2, 0.25) is 0 Å². The number of thiophene rings is 1. The summed E-state index contributed by atoms with van der Waals surface area (Å²) in [6.45, 7) is 0.179. The van der Waals surface area contributed by atoms with Gasteiger partial charge in [-0.3, -0.25) is 14.5 Å². The third kappa shape index (κ3) is 2.89. The molecule has 1 aromatic heterocycles. The fourth-order valence-corrected chi connectivity index (χ4v) is 4.69. The fraction of sp³-hybridized carbons (Fsp3) is 0.235. The van der Waals surface area contributed by atoms with Gasteiger partial charge in [-0.25, -0.2) is 4.79 Å². The van der Waals surface area contributed by atoms with Crippen LogP contribution in [0.5, 0.6) is 0 Å². The maximum Gasteiger partial charge on any atom is 0.338 e. The highest BCUT2D eigenvalue weighted by Crippen LogP contribution is 2.37. The van der Waals surface area contributed by atoms with Crippen LogP contribution in [0.1, 0.15) is 41.5 Å². The predicted molar refractivity (Wildman–Crippen MR) is 99.8 cm³/mol. The molecule has 0 saturated carbocycles. The summed E-state index contributed by atoms with van der Waals surface area (Å²) in [6, 6.07) is 2.75. The van der Waals surface area contributed by atoms with E-state index in [0.717, 1.165) is 9.78 Å². The SMILES string of the molecule is Nc1sc2c(c1C(=O)O)CC(CN1C(=O)c3cc(Cl)c(Cl)cc3C1=O)OC2. The van der Waals surface area contributed by atoms with Crippen LogP contribution in [0, 0.1) is 0 Å². The summed E-state index contributed by atoms with van der Waals surface area (Å²) in [6.07, 6.45) is -0.280. The Kier molecular flexibility index (Phi) is 4.38. The lowest BCUT2D eigenvalue weighted by Gasteiger charge is -2.26. The van der Waals surface area contributed by atoms with E-state index in [1.54, 1.807) is 0 Å². The topological polar surface area (TPSA) is 110 Å². The van der Waals surface area contributed by atoms with Gasteiger partial charge in [-0.05, 0) is 17.7 Å². The number of fused-ring (bicyclic) bond motifs is 2. The lowest BCUT2D eigenvalue weighted by molar-refractivity contribution is 0.00932. The number of aromatic carboxylic acids is 1. The summed E-state index contributed by atoms with van der Waals surface area (Å²) in [5.41, 5.74) is 6.86. The van der Waals surface area contributed by atoms with Crippen LogP contribution in [0.15, 0.2) is 12.1 Å². The number of nitrogen functional groups attached to an aromatic ring is 1. The number of halogens is 2. The first-order valence-corrected chi connectivity index (χ1v) is 9.45. The Hall–Kier alpha value is -2.13. The third-order valence-corrected chi connectivity index (χ3v) is 6.37. The highest BCUT2D eigenvalue weighted by molar-refractivity contribution is 7.16. The molecule has 2 amide bonds. The zero-order valence-corrected chi connectivity index (χ0v) is 16.0. The van der Waals surface area contributed by atoms with Gasteiger partial charge in [0, 0.05) is 11.3 Å². The van der Waals surface area contributed by atoms with Crippen molar-refractivity contribution in [1.82, 2.24) is 4.90 Å². The highest BCUT2D eigenvalue weighted by atomic mass is 35.5. The summed E-state index contributed by atoms with van der Waals surface area (Å²) in [7, 11) is 0. The molecule has 10 heteroatoms. The minimum Gasteiger partial charge on any atom is -0.478 e. The van der Waals surface area contributed by atoms with Crippen LogP contribution in [0.2, 0.25) is 10.0 Å². The Morgan fingerprint density at radius 2 is 1.85 bits per heavy atom. The molecule has 0 aliphatic carbocycles. The molecule has 0 fully saturated rings. The second kappa shape index (κ2) is 6.49. The number of hydrogen-bond donors (Lipinski definition) is 2. The number of anilines is 1. The van der Waals surface area contributed by atoms with Gasteiger partial charge in [0.25, 0.3) is 11.8 Å². The second-order valence-corrected chi connectivity index (χ2v) is 8.17. The molecule has 0 saturated heterocycles. The van der Waals surface area contributed by atoms with E-state index in [-0.39, 0.29) is 51.3 Å². The number of hydrogen-bond acceptors (Lipinski definition) is 6. The number of carboxylic acids is 1. The Labute approximate surface area is 167 Å². The first-order valence-electron chi connectivity index (χ1n) is 7.88. The van der Waals surface area contributed by atoms with Crippen LogP contribution in [0.4, 0.5) is 5.00 Å². The molecule has 0 spiro atoms. The summed E-state index contributed by atoms with van der Waals surface area (Å²) in [5.74, 6) is -2.06. The maximum atomic E-state index is 12.6. The lowest BCUT2D eigenvalue weighted by atomic mass is 10.0. The Balaban J connectivity index is 1.59. The van der Waals surface area contributed by atoms with Crippen molar-refractivity contribution in [2.24, 2.45) is 0 Å². The van der Waals surface area contributed by atoms with Gasteiger partial charge in [0.15, 0.2) is 0 Å². The molecule has 7 nitrogen and oxygen atoms in total. The van der Waals surface area contributed by atoms with E-state index in [1.807, 2.05) is 0 Å². The van der Waals surface area contributed by atoms with E-state index >= 15 is 0 Å². The smallest absolute Gasteiger partial charge is 0.338 e. The molecule has 140 valence electrons. The minimum atomic E-state index is -1.10. The molecule has 0 radical (unpaired) electrons. The summed E-state index contributed by atoms with van der Waals surface area (Å²) in [5, 5.41) is 9.98. The molecule has 2 aliphatic heterocycles. The van der Waals surface area contributed by atoms with E-state index in [4.69, 9.17) is 33.7 Å². The van der Waals surface area contributed by atoms with Gasteiger partial charge in [0.05, 0.1) is 46.0 Å². The van der Waals surface area contributed by atoms with Gasteiger partial charge in [-0.15, -0.1) is 11.3 Å². The van der Waals surface area contributed by atoms with Crippen LogP contribution in [0.3, 0.4) is 0 Å². The molecule has 0 bridgehead atoms. The molecule has 1 atom stereocenters. The van der Waals surface area contributed by atoms with Crippen LogP contribution in [-0.2, 0) is 17.8 Å². The molecular weight excluding hydrogens is 415 g/mol. The Bertz CT molecular complexity index is 978. The number of nitrogens with zero attached hydrogens (tertiary/aromatic N) is 1. The molecule has 27 heavy (non-hydrogen) atoms. The minimum absolute atomic E-state index is 0.00413. The molecule has 1 aromatic carbocycles. The average Bonchev–Trinajstić information content (AvgIpc) is 3.05. The molecule has 2 aromatic rings. The van der Waals surface area contributed by atoms with Gasteiger partial charge < -0.3 is 15.6 Å². The van der Waals surface area contributed by atoms with Crippen molar-refractivity contribution in [3.63, 3.8) is 0 Å². The van der Waals surface area contributed by atoms with E-state index in [9.17, 15) is 19.5 Å². The van der Waals surface area contributed by atoms with Crippen LogP contribution < -0.4 is 5.73 Å².